The molecule has 0 aromatic heterocycles. The molecule has 2 rings (SSSR count). The van der Waals surface area contributed by atoms with Crippen molar-refractivity contribution in [3.05, 3.63) is 35.4 Å². The summed E-state index contributed by atoms with van der Waals surface area (Å²) in [6.07, 6.45) is 7.18. The Hall–Kier alpha value is -0.470. The summed E-state index contributed by atoms with van der Waals surface area (Å²) in [6.45, 7) is 0. The van der Waals surface area contributed by atoms with Gasteiger partial charge in [-0.2, -0.15) is 11.8 Å². The van der Waals surface area contributed by atoms with E-state index in [1.54, 1.807) is 11.1 Å². The Kier molecular flexibility index (Phi) is 4.30. The van der Waals surface area contributed by atoms with Crippen molar-refractivity contribution in [1.82, 2.24) is 0 Å². The van der Waals surface area contributed by atoms with Gasteiger partial charge < -0.3 is 5.73 Å². The molecule has 1 aliphatic rings. The van der Waals surface area contributed by atoms with Gasteiger partial charge in [0.25, 0.3) is 0 Å². The first-order valence-corrected chi connectivity index (χ1v) is 7.53. The summed E-state index contributed by atoms with van der Waals surface area (Å²) in [7, 11) is 0. The summed E-state index contributed by atoms with van der Waals surface area (Å²) in [5, 5.41) is 0. The highest BCUT2D eigenvalue weighted by Gasteiger charge is 2.21. The molecule has 1 aromatic carbocycles. The number of rotatable bonds is 4. The standard InChI is InChI=1S/C14H21NS/c1-16-10-13(15)9-12-7-4-6-11-5-2-3-8-14(11)12/h2-3,5,8,12-13H,4,6-7,9-10,15H2,1H3. The van der Waals surface area contributed by atoms with Crippen molar-refractivity contribution in [2.24, 2.45) is 5.73 Å². The molecule has 0 heterocycles. The number of aryl methyl sites for hydroxylation is 1. The molecule has 0 fully saturated rings. The maximum atomic E-state index is 6.15. The topological polar surface area (TPSA) is 26.0 Å². The smallest absolute Gasteiger partial charge is 0.0136 e. The zero-order chi connectivity index (χ0) is 11.4. The van der Waals surface area contributed by atoms with E-state index in [0.29, 0.717) is 12.0 Å². The fraction of sp³-hybridized carbons (Fsp3) is 0.571. The van der Waals surface area contributed by atoms with Crippen molar-refractivity contribution in [3.8, 4) is 0 Å². The minimum atomic E-state index is 0.353. The number of fused-ring (bicyclic) bond motifs is 1. The molecule has 1 nitrogen and oxygen atoms in total. The van der Waals surface area contributed by atoms with Gasteiger partial charge in [-0.1, -0.05) is 24.3 Å². The molecule has 0 amide bonds. The van der Waals surface area contributed by atoms with Gasteiger partial charge in [-0.25, -0.2) is 0 Å². The molecule has 1 aliphatic carbocycles. The molecule has 2 heteroatoms. The van der Waals surface area contributed by atoms with Gasteiger partial charge in [0.05, 0.1) is 0 Å². The normalized spacial score (nSPS) is 21.5. The zero-order valence-electron chi connectivity index (χ0n) is 9.99. The van der Waals surface area contributed by atoms with Crippen LogP contribution in [0.3, 0.4) is 0 Å². The molecule has 0 saturated carbocycles. The van der Waals surface area contributed by atoms with Crippen molar-refractivity contribution in [2.75, 3.05) is 12.0 Å². The van der Waals surface area contributed by atoms with E-state index >= 15 is 0 Å². The predicted octanol–water partition coefficient (Wildman–Crippen LogP) is 3.19. The quantitative estimate of drug-likeness (QED) is 0.867. The van der Waals surface area contributed by atoms with E-state index in [0.717, 1.165) is 12.2 Å². The lowest BCUT2D eigenvalue weighted by Gasteiger charge is -2.27. The molecule has 0 saturated heterocycles. The highest BCUT2D eigenvalue weighted by atomic mass is 32.2. The highest BCUT2D eigenvalue weighted by Crippen LogP contribution is 2.34. The van der Waals surface area contributed by atoms with Gasteiger partial charge >= 0.3 is 0 Å². The monoisotopic (exact) mass is 235 g/mol. The Morgan fingerprint density at radius 1 is 1.44 bits per heavy atom. The van der Waals surface area contributed by atoms with Gasteiger partial charge in [-0.3, -0.25) is 0 Å². The number of hydrogen-bond donors (Lipinski definition) is 1. The second-order valence-corrected chi connectivity index (χ2v) is 5.65. The number of thioether (sulfide) groups is 1. The van der Waals surface area contributed by atoms with E-state index in [9.17, 15) is 0 Å². The van der Waals surface area contributed by atoms with E-state index in [1.165, 1.54) is 19.3 Å². The van der Waals surface area contributed by atoms with Gasteiger partial charge in [-0.15, -0.1) is 0 Å². The molecule has 0 bridgehead atoms. The third kappa shape index (κ3) is 2.80. The predicted molar refractivity (Wildman–Crippen MR) is 73.1 cm³/mol. The van der Waals surface area contributed by atoms with E-state index in [-0.39, 0.29) is 0 Å². The van der Waals surface area contributed by atoms with Crippen molar-refractivity contribution in [1.29, 1.82) is 0 Å². The van der Waals surface area contributed by atoms with Gasteiger partial charge in [0.15, 0.2) is 0 Å². The van der Waals surface area contributed by atoms with Crippen LogP contribution in [0.5, 0.6) is 0 Å². The Morgan fingerprint density at radius 2 is 2.25 bits per heavy atom. The van der Waals surface area contributed by atoms with Crippen LogP contribution in [0.15, 0.2) is 24.3 Å². The van der Waals surface area contributed by atoms with Crippen molar-refractivity contribution >= 4 is 11.8 Å². The van der Waals surface area contributed by atoms with E-state index in [2.05, 4.69) is 30.5 Å². The second kappa shape index (κ2) is 5.74. The first kappa shape index (κ1) is 12.0. The summed E-state index contributed by atoms with van der Waals surface area (Å²) in [5.41, 5.74) is 9.26. The molecule has 16 heavy (non-hydrogen) atoms. The van der Waals surface area contributed by atoms with E-state index in [4.69, 9.17) is 5.73 Å². The van der Waals surface area contributed by atoms with E-state index in [1.807, 2.05) is 11.8 Å². The molecule has 1 aromatic rings. The largest absolute Gasteiger partial charge is 0.327 e. The highest BCUT2D eigenvalue weighted by molar-refractivity contribution is 7.98. The molecule has 2 atom stereocenters. The number of nitrogens with two attached hydrogens (primary N) is 1. The van der Waals surface area contributed by atoms with Crippen molar-refractivity contribution in [3.63, 3.8) is 0 Å². The van der Waals surface area contributed by atoms with Crippen molar-refractivity contribution in [2.45, 2.75) is 37.6 Å². The van der Waals surface area contributed by atoms with Gasteiger partial charge in [0, 0.05) is 11.8 Å². The average molecular weight is 235 g/mol. The first-order chi connectivity index (χ1) is 7.81. The first-order valence-electron chi connectivity index (χ1n) is 6.13. The fourth-order valence-electron chi connectivity index (χ4n) is 2.75. The SMILES string of the molecule is CSCC(N)CC1CCCc2ccccc21. The van der Waals surface area contributed by atoms with Crippen LogP contribution < -0.4 is 5.73 Å². The summed E-state index contributed by atoms with van der Waals surface area (Å²) in [4.78, 5) is 0. The Balaban J connectivity index is 2.07. The minimum absolute atomic E-state index is 0.353. The zero-order valence-corrected chi connectivity index (χ0v) is 10.8. The molecular formula is C14H21NS. The molecule has 2 unspecified atom stereocenters. The fourth-order valence-corrected chi connectivity index (χ4v) is 3.31. The van der Waals surface area contributed by atoms with Gasteiger partial charge in [0.1, 0.15) is 0 Å². The summed E-state index contributed by atoms with van der Waals surface area (Å²) in [5.74, 6) is 1.78. The van der Waals surface area contributed by atoms with Crippen molar-refractivity contribution < 1.29 is 0 Å². The molecular weight excluding hydrogens is 214 g/mol. The third-order valence-electron chi connectivity index (χ3n) is 3.46. The van der Waals surface area contributed by atoms with Crippen LogP contribution in [-0.4, -0.2) is 18.1 Å². The van der Waals surface area contributed by atoms with Gasteiger partial charge in [-0.05, 0) is 49.0 Å². The van der Waals surface area contributed by atoms with Crippen LogP contribution in [0, 0.1) is 0 Å². The molecule has 0 spiro atoms. The van der Waals surface area contributed by atoms with Crippen LogP contribution in [0.25, 0.3) is 0 Å². The van der Waals surface area contributed by atoms with Crippen LogP contribution in [0.1, 0.15) is 36.3 Å². The van der Waals surface area contributed by atoms with Crippen LogP contribution in [0.4, 0.5) is 0 Å². The number of hydrogen-bond acceptors (Lipinski definition) is 2. The Morgan fingerprint density at radius 3 is 3.06 bits per heavy atom. The second-order valence-electron chi connectivity index (χ2n) is 4.74. The maximum Gasteiger partial charge on any atom is 0.0136 e. The summed E-state index contributed by atoms with van der Waals surface area (Å²) in [6, 6.07) is 9.25. The molecule has 2 N–H and O–H groups in total. The molecule has 0 aliphatic heterocycles. The van der Waals surface area contributed by atoms with Gasteiger partial charge in [0.2, 0.25) is 0 Å². The lowest BCUT2D eigenvalue weighted by atomic mass is 9.80. The van der Waals surface area contributed by atoms with Crippen LogP contribution in [-0.2, 0) is 6.42 Å². The van der Waals surface area contributed by atoms with Crippen LogP contribution >= 0.6 is 11.8 Å². The average Bonchev–Trinajstić information content (AvgIpc) is 2.30. The lowest BCUT2D eigenvalue weighted by Crippen LogP contribution is -2.26. The maximum absolute atomic E-state index is 6.15. The Bertz CT molecular complexity index is 337. The van der Waals surface area contributed by atoms with Crippen LogP contribution in [0.2, 0.25) is 0 Å². The molecule has 0 radical (unpaired) electrons. The summed E-state index contributed by atoms with van der Waals surface area (Å²) < 4.78 is 0. The third-order valence-corrected chi connectivity index (χ3v) is 4.22. The number of benzene rings is 1. The summed E-state index contributed by atoms with van der Waals surface area (Å²) >= 11 is 1.85. The molecule has 88 valence electrons. The lowest BCUT2D eigenvalue weighted by molar-refractivity contribution is 0.486. The van der Waals surface area contributed by atoms with E-state index < -0.39 is 0 Å². The minimum Gasteiger partial charge on any atom is -0.327 e. The Labute approximate surface area is 103 Å².